The molecule has 0 aliphatic carbocycles. The van der Waals surface area contributed by atoms with Gasteiger partial charge in [-0.1, -0.05) is 35.9 Å². The van der Waals surface area contributed by atoms with Crippen LogP contribution in [-0.2, 0) is 20.1 Å². The molecule has 4 nitrogen and oxygen atoms in total. The summed E-state index contributed by atoms with van der Waals surface area (Å²) in [7, 11) is 0. The van der Waals surface area contributed by atoms with Gasteiger partial charge in [-0.3, -0.25) is 9.59 Å². The van der Waals surface area contributed by atoms with Crippen LogP contribution in [0.25, 0.3) is 0 Å². The molecule has 138 valence electrons. The molecule has 0 aliphatic heterocycles. The second-order valence-corrected chi connectivity index (χ2v) is 6.68. The predicted molar refractivity (Wildman–Crippen MR) is 97.9 cm³/mol. The number of anilines is 1. The van der Waals surface area contributed by atoms with E-state index in [2.05, 4.69) is 5.32 Å². The van der Waals surface area contributed by atoms with Gasteiger partial charge in [0.1, 0.15) is 17.3 Å². The molecule has 0 bridgehead atoms. The lowest BCUT2D eigenvalue weighted by Crippen LogP contribution is -2.31. The molecule has 0 aliphatic rings. The van der Waals surface area contributed by atoms with Gasteiger partial charge >= 0.3 is 5.97 Å². The number of amides is 1. The summed E-state index contributed by atoms with van der Waals surface area (Å²) in [5.41, 5.74) is 1.67. The first-order valence-electron chi connectivity index (χ1n) is 7.94. The number of carbonyl (C=O) groups is 2. The van der Waals surface area contributed by atoms with E-state index in [9.17, 15) is 18.4 Å². The molecule has 2 aromatic carbocycles. The maximum absolute atomic E-state index is 13.5. The average Bonchev–Trinajstić information content (AvgIpc) is 2.59. The Morgan fingerprint density at radius 2 is 1.73 bits per heavy atom. The average molecular weight is 379 g/mol. The minimum Gasteiger partial charge on any atom is -0.452 e. The molecule has 0 saturated heterocycles. The molecule has 2 aromatic rings. The Bertz CT molecular complexity index is 761. The molecular formula is C19H19F2NO3S. The molecule has 1 amide bonds. The highest BCUT2D eigenvalue weighted by Gasteiger charge is 2.20. The third-order valence-corrected chi connectivity index (χ3v) is 4.47. The van der Waals surface area contributed by atoms with E-state index in [-0.39, 0.29) is 5.75 Å². The highest BCUT2D eigenvalue weighted by Crippen LogP contribution is 2.18. The van der Waals surface area contributed by atoms with Crippen LogP contribution in [0, 0.1) is 18.6 Å². The Morgan fingerprint density at radius 1 is 1.12 bits per heavy atom. The van der Waals surface area contributed by atoms with E-state index >= 15 is 0 Å². The quantitative estimate of drug-likeness (QED) is 0.737. The lowest BCUT2D eigenvalue weighted by atomic mass is 10.2. The van der Waals surface area contributed by atoms with Crippen LogP contribution in [0.5, 0.6) is 0 Å². The van der Waals surface area contributed by atoms with Crippen molar-refractivity contribution >= 4 is 29.3 Å². The number of aryl methyl sites for hydroxylation is 1. The summed E-state index contributed by atoms with van der Waals surface area (Å²) in [6.07, 6.45) is -1.17. The van der Waals surface area contributed by atoms with Gasteiger partial charge in [0, 0.05) is 5.75 Å². The van der Waals surface area contributed by atoms with Crippen LogP contribution in [-0.4, -0.2) is 23.7 Å². The number of hydrogen-bond donors (Lipinski definition) is 1. The lowest BCUT2D eigenvalue weighted by Gasteiger charge is -2.14. The van der Waals surface area contributed by atoms with Gasteiger partial charge < -0.3 is 10.1 Å². The highest BCUT2D eigenvalue weighted by molar-refractivity contribution is 7.99. The van der Waals surface area contributed by atoms with Crippen LogP contribution in [0.2, 0.25) is 0 Å². The molecule has 1 N–H and O–H groups in total. The van der Waals surface area contributed by atoms with E-state index in [1.54, 1.807) is 0 Å². The number of rotatable bonds is 7. The van der Waals surface area contributed by atoms with Crippen LogP contribution in [0.4, 0.5) is 14.5 Å². The summed E-state index contributed by atoms with van der Waals surface area (Å²) < 4.78 is 32.1. The van der Waals surface area contributed by atoms with E-state index in [0.717, 1.165) is 23.3 Å². The Balaban J connectivity index is 1.78. The molecule has 2 rings (SSSR count). The van der Waals surface area contributed by atoms with Gasteiger partial charge in [-0.25, -0.2) is 8.78 Å². The van der Waals surface area contributed by atoms with Gasteiger partial charge in [0.15, 0.2) is 6.10 Å². The SMILES string of the molecule is Cc1ccc(CSCC(=O)O[C@H](C)C(=O)Nc2c(F)cccc2F)cc1. The van der Waals surface area contributed by atoms with Crippen molar-refractivity contribution in [2.75, 3.05) is 11.1 Å². The monoisotopic (exact) mass is 379 g/mol. The lowest BCUT2D eigenvalue weighted by molar-refractivity contribution is -0.150. The summed E-state index contributed by atoms with van der Waals surface area (Å²) in [5, 5.41) is 2.10. The fraction of sp³-hybridized carbons (Fsp3) is 0.263. The maximum Gasteiger partial charge on any atom is 0.316 e. The van der Waals surface area contributed by atoms with Crippen molar-refractivity contribution in [2.24, 2.45) is 0 Å². The number of ether oxygens (including phenoxy) is 1. The van der Waals surface area contributed by atoms with E-state index < -0.39 is 35.3 Å². The molecule has 0 spiro atoms. The molecule has 7 heteroatoms. The zero-order valence-electron chi connectivity index (χ0n) is 14.4. The number of thioether (sulfide) groups is 1. The number of esters is 1. The Morgan fingerprint density at radius 3 is 2.35 bits per heavy atom. The van der Waals surface area contributed by atoms with Gasteiger partial charge in [-0.2, -0.15) is 0 Å². The number of hydrogen-bond acceptors (Lipinski definition) is 4. The molecule has 26 heavy (non-hydrogen) atoms. The number of carbonyl (C=O) groups excluding carboxylic acids is 2. The second kappa shape index (κ2) is 9.33. The van der Waals surface area contributed by atoms with Crippen LogP contribution in [0.1, 0.15) is 18.1 Å². The van der Waals surface area contributed by atoms with E-state index in [1.165, 1.54) is 24.8 Å². The van der Waals surface area contributed by atoms with E-state index in [1.807, 2.05) is 31.2 Å². The van der Waals surface area contributed by atoms with E-state index in [4.69, 9.17) is 4.74 Å². The Kier molecular flexibility index (Phi) is 7.15. The van der Waals surface area contributed by atoms with Crippen molar-refractivity contribution in [3.05, 3.63) is 65.2 Å². The number of para-hydroxylation sites is 1. The van der Waals surface area contributed by atoms with Crippen molar-refractivity contribution in [1.29, 1.82) is 0 Å². The normalized spacial score (nSPS) is 11.7. The van der Waals surface area contributed by atoms with Crippen molar-refractivity contribution in [1.82, 2.24) is 0 Å². The fourth-order valence-corrected chi connectivity index (χ4v) is 2.83. The minimum absolute atomic E-state index is 0.0690. The molecule has 0 aromatic heterocycles. The first-order chi connectivity index (χ1) is 12.4. The first kappa shape index (κ1) is 19.9. The third-order valence-electron chi connectivity index (χ3n) is 3.50. The third kappa shape index (κ3) is 5.84. The zero-order valence-corrected chi connectivity index (χ0v) is 15.2. The van der Waals surface area contributed by atoms with Crippen LogP contribution in [0.3, 0.4) is 0 Å². The van der Waals surface area contributed by atoms with Gasteiger partial charge in [0.2, 0.25) is 0 Å². The fourth-order valence-electron chi connectivity index (χ4n) is 2.06. The van der Waals surface area contributed by atoms with Gasteiger partial charge in [-0.15, -0.1) is 11.8 Å². The standard InChI is InChI=1S/C19H19F2NO3S/c1-12-6-8-14(9-7-12)10-26-11-17(23)25-13(2)19(24)22-18-15(20)4-3-5-16(18)21/h3-9,13H,10-11H2,1-2H3,(H,22,24)/t13-/m1/s1. The smallest absolute Gasteiger partial charge is 0.316 e. The Labute approximate surface area is 154 Å². The van der Waals surface area contributed by atoms with Crippen molar-refractivity contribution in [3.63, 3.8) is 0 Å². The van der Waals surface area contributed by atoms with Gasteiger partial charge in [0.25, 0.3) is 5.91 Å². The molecule has 1 atom stereocenters. The molecule has 0 unspecified atom stereocenters. The number of benzene rings is 2. The van der Waals surface area contributed by atoms with Gasteiger partial charge in [0.05, 0.1) is 5.75 Å². The molecule has 0 heterocycles. The van der Waals surface area contributed by atoms with Crippen molar-refractivity contribution in [3.8, 4) is 0 Å². The van der Waals surface area contributed by atoms with Crippen LogP contribution < -0.4 is 5.32 Å². The highest BCUT2D eigenvalue weighted by atomic mass is 32.2. The topological polar surface area (TPSA) is 55.4 Å². The van der Waals surface area contributed by atoms with Crippen molar-refractivity contribution < 1.29 is 23.1 Å². The molecule has 0 saturated carbocycles. The summed E-state index contributed by atoms with van der Waals surface area (Å²) >= 11 is 1.36. The van der Waals surface area contributed by atoms with Crippen LogP contribution >= 0.6 is 11.8 Å². The minimum atomic E-state index is -1.17. The molecule has 0 fully saturated rings. The summed E-state index contributed by atoms with van der Waals surface area (Å²) in [4.78, 5) is 23.8. The molecular weight excluding hydrogens is 360 g/mol. The second-order valence-electron chi connectivity index (χ2n) is 5.70. The summed E-state index contributed by atoms with van der Waals surface area (Å²) in [5.74, 6) is -2.46. The first-order valence-corrected chi connectivity index (χ1v) is 9.10. The van der Waals surface area contributed by atoms with Crippen molar-refractivity contribution in [2.45, 2.75) is 25.7 Å². The zero-order chi connectivity index (χ0) is 19.1. The summed E-state index contributed by atoms with van der Waals surface area (Å²) in [6.45, 7) is 3.34. The van der Waals surface area contributed by atoms with E-state index in [0.29, 0.717) is 5.75 Å². The summed E-state index contributed by atoms with van der Waals surface area (Å²) in [6, 6.07) is 11.2. The largest absolute Gasteiger partial charge is 0.452 e. The molecule has 0 radical (unpaired) electrons. The van der Waals surface area contributed by atoms with Gasteiger partial charge in [-0.05, 0) is 31.5 Å². The maximum atomic E-state index is 13.5. The predicted octanol–water partition coefficient (Wildman–Crippen LogP) is 4.08. The Hall–Kier alpha value is -2.41. The van der Waals surface area contributed by atoms with Crippen LogP contribution in [0.15, 0.2) is 42.5 Å². The number of nitrogens with one attached hydrogen (secondary N) is 1. The number of halogens is 2.